The molecular formula is C11H13N5O. The summed E-state index contributed by atoms with van der Waals surface area (Å²) >= 11 is 0. The molecular weight excluding hydrogens is 218 g/mol. The number of hydrogen-bond acceptors (Lipinski definition) is 4. The van der Waals surface area contributed by atoms with Gasteiger partial charge >= 0.3 is 0 Å². The Morgan fingerprint density at radius 1 is 1.35 bits per heavy atom. The van der Waals surface area contributed by atoms with E-state index in [1.54, 1.807) is 43.3 Å². The number of aromatic nitrogens is 3. The van der Waals surface area contributed by atoms with Crippen LogP contribution in [-0.2, 0) is 0 Å². The third kappa shape index (κ3) is 2.25. The number of pyridine rings is 1. The molecule has 6 nitrogen and oxygen atoms in total. The van der Waals surface area contributed by atoms with E-state index in [1.807, 2.05) is 0 Å². The first-order valence-corrected chi connectivity index (χ1v) is 5.06. The number of nitrogen functional groups attached to an aromatic ring is 1. The van der Waals surface area contributed by atoms with Crippen molar-refractivity contribution in [2.24, 2.45) is 0 Å². The normalized spacial score (nSPS) is 10.2. The smallest absolute Gasteiger partial charge is 0.254 e. The van der Waals surface area contributed by atoms with Crippen LogP contribution in [0.25, 0.3) is 5.82 Å². The maximum Gasteiger partial charge on any atom is 0.254 e. The van der Waals surface area contributed by atoms with Crippen molar-refractivity contribution in [3.05, 3.63) is 36.3 Å². The average Bonchev–Trinajstić information content (AvgIpc) is 2.75. The minimum Gasteiger partial charge on any atom is -0.396 e. The zero-order valence-corrected chi connectivity index (χ0v) is 9.66. The molecule has 2 aromatic heterocycles. The first-order chi connectivity index (χ1) is 8.08. The van der Waals surface area contributed by atoms with Crippen molar-refractivity contribution < 1.29 is 4.79 Å². The minimum atomic E-state index is -0.0796. The van der Waals surface area contributed by atoms with E-state index in [2.05, 4.69) is 10.1 Å². The van der Waals surface area contributed by atoms with Gasteiger partial charge in [0.25, 0.3) is 5.91 Å². The molecule has 88 valence electrons. The number of nitrogens with two attached hydrogens (primary N) is 1. The van der Waals surface area contributed by atoms with Crippen LogP contribution in [-0.4, -0.2) is 39.7 Å². The summed E-state index contributed by atoms with van der Waals surface area (Å²) in [4.78, 5) is 17.3. The Bertz CT molecular complexity index is 529. The Morgan fingerprint density at radius 2 is 2.12 bits per heavy atom. The van der Waals surface area contributed by atoms with Gasteiger partial charge in [0.15, 0.2) is 5.82 Å². The Kier molecular flexibility index (Phi) is 2.78. The maximum atomic E-state index is 11.6. The molecule has 0 aliphatic heterocycles. The summed E-state index contributed by atoms with van der Waals surface area (Å²) in [6, 6.07) is 3.44. The maximum absolute atomic E-state index is 11.6. The standard InChI is InChI=1S/C11H13N5O/c1-15(2)11(17)8-3-4-10(13-5-8)16-7-9(12)6-14-16/h3-7H,12H2,1-2H3. The molecule has 2 heterocycles. The van der Waals surface area contributed by atoms with Crippen LogP contribution in [0, 0.1) is 0 Å². The summed E-state index contributed by atoms with van der Waals surface area (Å²) in [6.07, 6.45) is 4.73. The lowest BCUT2D eigenvalue weighted by Crippen LogP contribution is -2.21. The molecule has 0 saturated carbocycles. The van der Waals surface area contributed by atoms with Gasteiger partial charge in [-0.15, -0.1) is 0 Å². The van der Waals surface area contributed by atoms with Crippen LogP contribution in [0.3, 0.4) is 0 Å². The van der Waals surface area contributed by atoms with Crippen LogP contribution in [0.5, 0.6) is 0 Å². The first-order valence-electron chi connectivity index (χ1n) is 5.06. The average molecular weight is 231 g/mol. The van der Waals surface area contributed by atoms with Gasteiger partial charge in [0.1, 0.15) is 0 Å². The van der Waals surface area contributed by atoms with Gasteiger partial charge in [-0.1, -0.05) is 0 Å². The second kappa shape index (κ2) is 4.25. The molecule has 17 heavy (non-hydrogen) atoms. The fourth-order valence-electron chi connectivity index (χ4n) is 1.37. The van der Waals surface area contributed by atoms with Gasteiger partial charge in [0.05, 0.1) is 23.6 Å². The van der Waals surface area contributed by atoms with Gasteiger partial charge in [-0.2, -0.15) is 5.10 Å². The molecule has 0 radical (unpaired) electrons. The number of amides is 1. The van der Waals surface area contributed by atoms with Crippen LogP contribution in [0.2, 0.25) is 0 Å². The lowest BCUT2D eigenvalue weighted by Gasteiger charge is -2.09. The highest BCUT2D eigenvalue weighted by Gasteiger charge is 2.08. The number of hydrogen-bond donors (Lipinski definition) is 1. The van der Waals surface area contributed by atoms with Crippen LogP contribution < -0.4 is 5.73 Å². The van der Waals surface area contributed by atoms with E-state index in [-0.39, 0.29) is 5.91 Å². The quantitative estimate of drug-likeness (QED) is 0.818. The molecule has 0 aliphatic carbocycles. The highest BCUT2D eigenvalue weighted by atomic mass is 16.2. The number of carbonyl (C=O) groups is 1. The minimum absolute atomic E-state index is 0.0796. The Balaban J connectivity index is 2.27. The molecule has 0 atom stereocenters. The van der Waals surface area contributed by atoms with Crippen LogP contribution in [0.4, 0.5) is 5.69 Å². The Labute approximate surface area is 98.7 Å². The van der Waals surface area contributed by atoms with Crippen molar-refractivity contribution in [1.82, 2.24) is 19.7 Å². The lowest BCUT2D eigenvalue weighted by atomic mass is 10.2. The van der Waals surface area contributed by atoms with E-state index in [1.165, 1.54) is 11.1 Å². The van der Waals surface area contributed by atoms with Crippen molar-refractivity contribution in [3.8, 4) is 5.82 Å². The third-order valence-electron chi connectivity index (χ3n) is 2.24. The molecule has 0 spiro atoms. The summed E-state index contributed by atoms with van der Waals surface area (Å²) in [7, 11) is 3.40. The number of anilines is 1. The molecule has 0 unspecified atom stereocenters. The predicted octanol–water partition coefficient (Wildman–Crippen LogP) is 0.551. The predicted molar refractivity (Wildman–Crippen MR) is 63.8 cm³/mol. The van der Waals surface area contributed by atoms with Crippen molar-refractivity contribution in [1.29, 1.82) is 0 Å². The first kappa shape index (κ1) is 11.1. The van der Waals surface area contributed by atoms with Crippen molar-refractivity contribution in [2.45, 2.75) is 0 Å². The Morgan fingerprint density at radius 3 is 2.59 bits per heavy atom. The highest BCUT2D eigenvalue weighted by molar-refractivity contribution is 5.93. The monoisotopic (exact) mass is 231 g/mol. The topological polar surface area (TPSA) is 77.0 Å². The summed E-state index contributed by atoms with van der Waals surface area (Å²) < 4.78 is 1.55. The molecule has 0 fully saturated rings. The van der Waals surface area contributed by atoms with E-state index in [9.17, 15) is 4.79 Å². The van der Waals surface area contributed by atoms with Crippen LogP contribution in [0.1, 0.15) is 10.4 Å². The number of rotatable bonds is 2. The molecule has 0 aromatic carbocycles. The van der Waals surface area contributed by atoms with Gasteiger partial charge < -0.3 is 10.6 Å². The third-order valence-corrected chi connectivity index (χ3v) is 2.24. The molecule has 0 aliphatic rings. The molecule has 1 amide bonds. The zero-order valence-electron chi connectivity index (χ0n) is 9.66. The molecule has 6 heteroatoms. The van der Waals surface area contributed by atoms with E-state index in [4.69, 9.17) is 5.73 Å². The second-order valence-corrected chi connectivity index (χ2v) is 3.82. The van der Waals surface area contributed by atoms with Crippen molar-refractivity contribution >= 4 is 11.6 Å². The molecule has 2 aromatic rings. The van der Waals surface area contributed by atoms with Gasteiger partial charge in [0.2, 0.25) is 0 Å². The summed E-state index contributed by atoms with van der Waals surface area (Å²) in [6.45, 7) is 0. The van der Waals surface area contributed by atoms with Gasteiger partial charge in [-0.25, -0.2) is 9.67 Å². The number of nitrogens with zero attached hydrogens (tertiary/aromatic N) is 4. The lowest BCUT2D eigenvalue weighted by molar-refractivity contribution is 0.0827. The molecule has 0 saturated heterocycles. The highest BCUT2D eigenvalue weighted by Crippen LogP contribution is 2.08. The van der Waals surface area contributed by atoms with E-state index >= 15 is 0 Å². The second-order valence-electron chi connectivity index (χ2n) is 3.82. The summed E-state index contributed by atoms with van der Waals surface area (Å²) in [5, 5.41) is 4.03. The Hall–Kier alpha value is -2.37. The zero-order chi connectivity index (χ0) is 12.4. The van der Waals surface area contributed by atoms with Gasteiger partial charge in [-0.05, 0) is 12.1 Å². The van der Waals surface area contributed by atoms with Crippen LogP contribution >= 0.6 is 0 Å². The molecule has 0 bridgehead atoms. The van der Waals surface area contributed by atoms with E-state index < -0.39 is 0 Å². The fraction of sp³-hybridized carbons (Fsp3) is 0.182. The molecule has 2 N–H and O–H groups in total. The largest absolute Gasteiger partial charge is 0.396 e. The van der Waals surface area contributed by atoms with Crippen LogP contribution in [0.15, 0.2) is 30.7 Å². The number of carbonyl (C=O) groups excluding carboxylic acids is 1. The van der Waals surface area contributed by atoms with Gasteiger partial charge in [-0.3, -0.25) is 4.79 Å². The van der Waals surface area contributed by atoms with Crippen molar-refractivity contribution in [2.75, 3.05) is 19.8 Å². The fourth-order valence-corrected chi connectivity index (χ4v) is 1.37. The van der Waals surface area contributed by atoms with E-state index in [0.717, 1.165) is 0 Å². The SMILES string of the molecule is CN(C)C(=O)c1ccc(-n2cc(N)cn2)nc1. The summed E-state index contributed by atoms with van der Waals surface area (Å²) in [5.74, 6) is 0.543. The summed E-state index contributed by atoms with van der Waals surface area (Å²) in [5.41, 5.74) is 6.67. The van der Waals surface area contributed by atoms with Crippen molar-refractivity contribution in [3.63, 3.8) is 0 Å². The van der Waals surface area contributed by atoms with Gasteiger partial charge in [0, 0.05) is 20.3 Å². The van der Waals surface area contributed by atoms with E-state index in [0.29, 0.717) is 17.1 Å². The molecule has 2 rings (SSSR count).